The van der Waals surface area contributed by atoms with Crippen LogP contribution in [0.15, 0.2) is 18.5 Å². The monoisotopic (exact) mass is 532 g/mol. The third kappa shape index (κ3) is 4.48. The smallest absolute Gasteiger partial charge is 0.391 e. The van der Waals surface area contributed by atoms with Crippen LogP contribution in [0.4, 0.5) is 0 Å². The van der Waals surface area contributed by atoms with Crippen LogP contribution in [0.3, 0.4) is 0 Å². The molecule has 0 fully saturated rings. The van der Waals surface area contributed by atoms with Gasteiger partial charge in [-0.1, -0.05) is 20.8 Å². The number of aliphatic hydroxyl groups is 1. The van der Waals surface area contributed by atoms with Crippen molar-refractivity contribution in [3.8, 4) is 0 Å². The summed E-state index contributed by atoms with van der Waals surface area (Å²) in [6.07, 6.45) is 3.34. The second kappa shape index (κ2) is 8.58. The number of aliphatic hydroxyl groups excluding tert-OH is 1. The summed E-state index contributed by atoms with van der Waals surface area (Å²) >= 11 is 5.84. The minimum Gasteiger partial charge on any atom is -0.391 e. The summed E-state index contributed by atoms with van der Waals surface area (Å²) in [4.78, 5) is 4.48. The summed E-state index contributed by atoms with van der Waals surface area (Å²) in [5, 5.41) is 10.3. The van der Waals surface area contributed by atoms with E-state index in [2.05, 4.69) is 25.8 Å². The van der Waals surface area contributed by atoms with E-state index in [9.17, 15) is 5.11 Å². The first-order valence-corrected chi connectivity index (χ1v) is 7.06. The van der Waals surface area contributed by atoms with E-state index in [4.69, 9.17) is 11.6 Å². The van der Waals surface area contributed by atoms with Crippen molar-refractivity contribution in [2.24, 2.45) is 5.92 Å². The molecule has 3 nitrogen and oxygen atoms in total. The van der Waals surface area contributed by atoms with Gasteiger partial charge in [-0.05, 0) is 17.5 Å². The van der Waals surface area contributed by atoms with Crippen molar-refractivity contribution >= 4 is 17.2 Å². The molecule has 114 valence electrons. The van der Waals surface area contributed by atoms with Crippen molar-refractivity contribution in [3.63, 3.8) is 0 Å². The van der Waals surface area contributed by atoms with E-state index in [0.717, 1.165) is 16.9 Å². The molecule has 0 saturated carbocycles. The molecule has 2 atom stereocenters. The largest absolute Gasteiger partial charge is 2.00 e. The zero-order valence-corrected chi connectivity index (χ0v) is 18.0. The number of halogens is 1. The van der Waals surface area contributed by atoms with Crippen LogP contribution >= 0.6 is 11.6 Å². The molecule has 0 saturated heterocycles. The van der Waals surface area contributed by atoms with Gasteiger partial charge in [0.15, 0.2) is 0 Å². The minimum absolute atomic E-state index is 0. The number of hydrogen-bond donors (Lipinski definition) is 1. The summed E-state index contributed by atoms with van der Waals surface area (Å²) < 4.78 is 1.95. The van der Waals surface area contributed by atoms with Gasteiger partial charge >= 0.3 is 31.1 Å². The van der Waals surface area contributed by atoms with Crippen molar-refractivity contribution in [2.45, 2.75) is 38.7 Å². The molecule has 5 heteroatoms. The van der Waals surface area contributed by atoms with Crippen LogP contribution in [0.1, 0.15) is 49.6 Å². The number of imidazole rings is 1. The number of fused-ring (bicyclic) bond motifs is 1. The third-order valence-electron chi connectivity index (χ3n) is 3.31. The quantitative estimate of drug-likeness (QED) is 0.475. The second-order valence-electron chi connectivity index (χ2n) is 5.40. The Labute approximate surface area is 156 Å². The first-order chi connectivity index (χ1) is 8.93. The molecular weight excluding hydrogens is 510 g/mol. The zero-order chi connectivity index (χ0) is 14.2. The topological polar surface area (TPSA) is 37.5 Å². The van der Waals surface area contributed by atoms with Crippen molar-refractivity contribution in [1.82, 2.24) is 9.38 Å². The Hall–Kier alpha value is -0.00805. The molecule has 2 aromatic heterocycles. The summed E-state index contributed by atoms with van der Waals surface area (Å²) in [5.41, 5.74) is 3.57. The van der Waals surface area contributed by atoms with Gasteiger partial charge in [0.2, 0.25) is 0 Å². The van der Waals surface area contributed by atoms with Gasteiger partial charge in [0.05, 0.1) is 17.7 Å². The van der Waals surface area contributed by atoms with Gasteiger partial charge in [-0.15, -0.1) is 17.5 Å². The molecule has 0 bridgehead atoms. The second-order valence-corrected chi connectivity index (χ2v) is 5.67. The van der Waals surface area contributed by atoms with E-state index < -0.39 is 6.10 Å². The number of hydrogen-bond acceptors (Lipinski definition) is 2. The van der Waals surface area contributed by atoms with Gasteiger partial charge in [-0.25, -0.2) is 4.98 Å². The molecule has 1 N–H and O–H groups in total. The molecule has 2 aromatic rings. The molecule has 2 rings (SSSR count). The molecular formula is C16H23ClN2OU. The fourth-order valence-electron chi connectivity index (χ4n) is 2.10. The van der Waals surface area contributed by atoms with E-state index in [-0.39, 0.29) is 44.5 Å². The fraction of sp³-hybridized carbons (Fsp3) is 0.438. The summed E-state index contributed by atoms with van der Waals surface area (Å²) in [7, 11) is 0. The van der Waals surface area contributed by atoms with E-state index in [1.165, 1.54) is 5.56 Å². The van der Waals surface area contributed by atoms with Crippen LogP contribution in [0.2, 0.25) is 0 Å². The maximum absolute atomic E-state index is 10.3. The van der Waals surface area contributed by atoms with E-state index in [1.807, 2.05) is 29.8 Å². The van der Waals surface area contributed by atoms with Gasteiger partial charge < -0.3 is 23.9 Å². The predicted molar refractivity (Wildman–Crippen MR) is 84.7 cm³/mol. The van der Waals surface area contributed by atoms with Crippen molar-refractivity contribution in [3.05, 3.63) is 49.6 Å². The van der Waals surface area contributed by atoms with Crippen LogP contribution < -0.4 is 0 Å². The van der Waals surface area contributed by atoms with Gasteiger partial charge in [-0.3, -0.25) is 0 Å². The molecule has 0 spiro atoms. The SMILES string of the molecule is [CH2-]C(C)C(O)c1cc(C(C)C)cn2cc(CCl)nc12.[CH3-].[U+2]. The minimum atomic E-state index is -0.619. The summed E-state index contributed by atoms with van der Waals surface area (Å²) in [6.45, 7) is 10.1. The number of alkyl halides is 1. The molecule has 0 radical (unpaired) electrons. The standard InChI is InChI=1S/C15H20ClN2O.CH3.U/c1-9(2)11-5-13(14(19)10(3)4)15-17-12(6-16)8-18(15)7-11;;/h5,7-10,14,19H,3,6H2,1-2,4H3;1H3;/q2*-1;+2. The van der Waals surface area contributed by atoms with E-state index >= 15 is 0 Å². The van der Waals surface area contributed by atoms with E-state index in [1.54, 1.807) is 0 Å². The van der Waals surface area contributed by atoms with Gasteiger partial charge in [-0.2, -0.15) is 0 Å². The van der Waals surface area contributed by atoms with Gasteiger partial charge in [0.1, 0.15) is 5.65 Å². The third-order valence-corrected chi connectivity index (χ3v) is 3.59. The fourth-order valence-corrected chi connectivity index (χ4v) is 2.23. The Bertz CT molecular complexity index is 581. The van der Waals surface area contributed by atoms with Crippen LogP contribution in [-0.4, -0.2) is 14.5 Å². The molecule has 0 aliphatic carbocycles. The summed E-state index contributed by atoms with van der Waals surface area (Å²) in [5.74, 6) is 0.661. The molecule has 21 heavy (non-hydrogen) atoms. The number of aromatic nitrogens is 2. The average molecular weight is 533 g/mol. The van der Waals surface area contributed by atoms with Crippen LogP contribution in [0, 0.1) is 51.4 Å². The number of nitrogens with zero attached hydrogens (tertiary/aromatic N) is 2. The molecule has 2 heterocycles. The maximum atomic E-state index is 10.3. The average Bonchev–Trinajstić information content (AvgIpc) is 2.79. The first-order valence-electron chi connectivity index (χ1n) is 6.52. The summed E-state index contributed by atoms with van der Waals surface area (Å²) in [6, 6.07) is 2.03. The van der Waals surface area contributed by atoms with Crippen molar-refractivity contribution in [2.75, 3.05) is 0 Å². The molecule has 0 aromatic carbocycles. The van der Waals surface area contributed by atoms with E-state index in [0.29, 0.717) is 11.8 Å². The molecule has 2 unspecified atom stereocenters. The van der Waals surface area contributed by atoms with Crippen molar-refractivity contribution < 1.29 is 36.2 Å². The predicted octanol–water partition coefficient (Wildman–Crippen LogP) is 4.15. The van der Waals surface area contributed by atoms with Gasteiger partial charge in [0, 0.05) is 18.0 Å². The molecule has 0 aliphatic rings. The Morgan fingerprint density at radius 3 is 2.43 bits per heavy atom. The Morgan fingerprint density at radius 1 is 1.33 bits per heavy atom. The normalized spacial score (nSPS) is 13.7. The zero-order valence-electron chi connectivity index (χ0n) is 13.1. The Morgan fingerprint density at radius 2 is 1.95 bits per heavy atom. The first kappa shape index (κ1) is 21.0. The Kier molecular flexibility index (Phi) is 8.58. The molecule has 0 amide bonds. The van der Waals surface area contributed by atoms with Gasteiger partial charge in [0.25, 0.3) is 0 Å². The Balaban J connectivity index is 0.00000200. The van der Waals surface area contributed by atoms with Crippen LogP contribution in [-0.2, 0) is 5.88 Å². The number of rotatable bonds is 4. The van der Waals surface area contributed by atoms with Crippen molar-refractivity contribution in [1.29, 1.82) is 0 Å². The van der Waals surface area contributed by atoms with Crippen LogP contribution in [0.25, 0.3) is 5.65 Å². The number of pyridine rings is 1. The van der Waals surface area contributed by atoms with Crippen LogP contribution in [0.5, 0.6) is 0 Å². The maximum Gasteiger partial charge on any atom is 2.00 e. The molecule has 0 aliphatic heterocycles.